The van der Waals surface area contributed by atoms with Gasteiger partial charge in [0.25, 0.3) is 5.91 Å². The number of aromatic nitrogens is 2. The highest BCUT2D eigenvalue weighted by molar-refractivity contribution is 8.26. The number of hydrogen-bond acceptors (Lipinski definition) is 7. The van der Waals surface area contributed by atoms with Crippen LogP contribution in [-0.2, 0) is 9.59 Å². The predicted octanol–water partition coefficient (Wildman–Crippen LogP) is 4.97. The van der Waals surface area contributed by atoms with Crippen molar-refractivity contribution in [2.24, 2.45) is 0 Å². The number of carbonyl (C=O) groups excluding carboxylic acids is 1. The van der Waals surface area contributed by atoms with Gasteiger partial charge in [-0.1, -0.05) is 54.3 Å². The number of amides is 1. The monoisotopic (exact) mass is 505 g/mol. The number of thiocarbonyl (C=S) groups is 1. The van der Waals surface area contributed by atoms with Crippen LogP contribution in [0.1, 0.15) is 12.0 Å². The molecule has 1 N–H and O–H groups in total. The normalized spacial score (nSPS) is 14.9. The fourth-order valence-electron chi connectivity index (χ4n) is 3.75. The third kappa shape index (κ3) is 4.45. The van der Waals surface area contributed by atoms with Gasteiger partial charge < -0.3 is 14.3 Å². The Morgan fingerprint density at radius 2 is 2.03 bits per heavy atom. The molecule has 10 heteroatoms. The van der Waals surface area contributed by atoms with Crippen LogP contribution < -0.4 is 4.74 Å². The summed E-state index contributed by atoms with van der Waals surface area (Å²) in [4.78, 5) is 25.6. The number of benzene rings is 2. The molecule has 1 aliphatic rings. The van der Waals surface area contributed by atoms with Gasteiger partial charge in [-0.15, -0.1) is 0 Å². The summed E-state index contributed by atoms with van der Waals surface area (Å²) in [7, 11) is 1.58. The molecule has 1 saturated heterocycles. The van der Waals surface area contributed by atoms with Crippen LogP contribution in [0.25, 0.3) is 34.2 Å². The fraction of sp³-hybridized carbons (Fsp3) is 0.120. The summed E-state index contributed by atoms with van der Waals surface area (Å²) in [5.74, 6) is -0.190. The van der Waals surface area contributed by atoms with Crippen molar-refractivity contribution in [1.29, 1.82) is 0 Å². The first kappa shape index (κ1) is 22.9. The second-order valence-electron chi connectivity index (χ2n) is 7.68. The highest BCUT2D eigenvalue weighted by atomic mass is 32.2. The Kier molecular flexibility index (Phi) is 6.14. The molecule has 1 fully saturated rings. The van der Waals surface area contributed by atoms with E-state index >= 15 is 0 Å². The van der Waals surface area contributed by atoms with Crippen LogP contribution in [0.15, 0.2) is 70.1 Å². The number of carboxylic acid groups (broad SMARTS) is 1. The lowest BCUT2D eigenvalue weighted by atomic mass is 10.1. The minimum Gasteiger partial charge on any atom is -0.493 e. The van der Waals surface area contributed by atoms with Gasteiger partial charge in [-0.25, -0.2) is 4.68 Å². The minimum atomic E-state index is -0.991. The molecule has 0 atom stereocenters. The third-order valence-corrected chi connectivity index (χ3v) is 6.81. The molecule has 0 unspecified atom stereocenters. The molecular formula is C25H19N3O5S2. The fourth-order valence-corrected chi connectivity index (χ4v) is 5.05. The van der Waals surface area contributed by atoms with Gasteiger partial charge in [-0.2, -0.15) is 5.10 Å². The van der Waals surface area contributed by atoms with Gasteiger partial charge in [0.2, 0.25) is 0 Å². The van der Waals surface area contributed by atoms with E-state index < -0.39 is 5.97 Å². The highest BCUT2D eigenvalue weighted by Gasteiger charge is 2.32. The lowest BCUT2D eigenvalue weighted by molar-refractivity contribution is -0.137. The quantitative estimate of drug-likeness (QED) is 0.278. The van der Waals surface area contributed by atoms with Gasteiger partial charge in [0.1, 0.15) is 10.0 Å². The van der Waals surface area contributed by atoms with E-state index in [0.717, 1.165) is 22.8 Å². The minimum absolute atomic E-state index is 0.0246. The summed E-state index contributed by atoms with van der Waals surface area (Å²) < 4.78 is 13.6. The van der Waals surface area contributed by atoms with Crippen LogP contribution in [0.2, 0.25) is 0 Å². The van der Waals surface area contributed by atoms with Crippen molar-refractivity contribution < 1.29 is 23.8 Å². The number of fused-ring (bicyclic) bond motifs is 1. The van der Waals surface area contributed by atoms with E-state index in [9.17, 15) is 9.59 Å². The number of aliphatic carboxylic acids is 1. The molecule has 0 saturated carbocycles. The lowest BCUT2D eigenvalue weighted by Crippen LogP contribution is -2.30. The van der Waals surface area contributed by atoms with Crippen molar-refractivity contribution in [3.8, 4) is 22.9 Å². The van der Waals surface area contributed by atoms with E-state index in [4.69, 9.17) is 31.6 Å². The van der Waals surface area contributed by atoms with Crippen LogP contribution in [0.4, 0.5) is 0 Å². The average Bonchev–Trinajstić information content (AvgIpc) is 3.54. The summed E-state index contributed by atoms with van der Waals surface area (Å²) in [5, 5.41) is 14.6. The van der Waals surface area contributed by atoms with E-state index in [1.807, 2.05) is 60.8 Å². The first-order valence-electron chi connectivity index (χ1n) is 10.6. The zero-order chi connectivity index (χ0) is 24.5. The number of hydrogen-bond donors (Lipinski definition) is 1. The molecular weight excluding hydrogens is 486 g/mol. The van der Waals surface area contributed by atoms with E-state index in [-0.39, 0.29) is 18.9 Å². The standard InChI is InChI=1S/C25H19N3O5S2/c1-32-18-9-5-6-15-12-19(33-23(15)18)22-16(14-28(26-22)17-7-3-2-4-8-17)13-20-24(31)27(25(34)35-20)11-10-21(29)30/h2-9,12-14H,10-11H2,1H3,(H,29,30). The highest BCUT2D eigenvalue weighted by Crippen LogP contribution is 2.37. The summed E-state index contributed by atoms with van der Waals surface area (Å²) >= 11 is 6.46. The number of carbonyl (C=O) groups is 2. The van der Waals surface area contributed by atoms with Gasteiger partial charge >= 0.3 is 5.97 Å². The molecule has 8 nitrogen and oxygen atoms in total. The first-order chi connectivity index (χ1) is 16.9. The Hall–Kier alpha value is -3.89. The van der Waals surface area contributed by atoms with Gasteiger partial charge in [-0.3, -0.25) is 14.5 Å². The first-order valence-corrected chi connectivity index (χ1v) is 11.9. The van der Waals surface area contributed by atoms with E-state index in [0.29, 0.717) is 37.6 Å². The van der Waals surface area contributed by atoms with Crippen LogP contribution in [0, 0.1) is 0 Å². The van der Waals surface area contributed by atoms with Crippen LogP contribution in [0.3, 0.4) is 0 Å². The van der Waals surface area contributed by atoms with E-state index in [2.05, 4.69) is 0 Å². The topological polar surface area (TPSA) is 97.8 Å². The number of furan rings is 1. The average molecular weight is 506 g/mol. The molecule has 2 aromatic heterocycles. The van der Waals surface area contributed by atoms with Crippen LogP contribution >= 0.6 is 24.0 Å². The van der Waals surface area contributed by atoms with Crippen molar-refractivity contribution in [2.75, 3.05) is 13.7 Å². The van der Waals surface area contributed by atoms with Crippen molar-refractivity contribution in [2.45, 2.75) is 6.42 Å². The molecule has 5 rings (SSSR count). The lowest BCUT2D eigenvalue weighted by Gasteiger charge is -2.12. The Balaban J connectivity index is 1.59. The number of para-hydroxylation sites is 2. The maximum absolute atomic E-state index is 13.0. The smallest absolute Gasteiger partial charge is 0.305 e. The largest absolute Gasteiger partial charge is 0.493 e. The summed E-state index contributed by atoms with van der Waals surface area (Å²) in [5.41, 5.74) is 2.65. The summed E-state index contributed by atoms with van der Waals surface area (Å²) in [6.07, 6.45) is 3.35. The van der Waals surface area contributed by atoms with Crippen LogP contribution in [-0.4, -0.2) is 49.6 Å². The summed E-state index contributed by atoms with van der Waals surface area (Å²) in [6, 6.07) is 17.1. The van der Waals surface area contributed by atoms with E-state index in [1.165, 1.54) is 4.90 Å². The maximum atomic E-state index is 13.0. The van der Waals surface area contributed by atoms with Crippen molar-refractivity contribution in [1.82, 2.24) is 14.7 Å². The second kappa shape index (κ2) is 9.40. The summed E-state index contributed by atoms with van der Waals surface area (Å²) in [6.45, 7) is 0.0246. The number of nitrogens with zero attached hydrogens (tertiary/aromatic N) is 3. The molecule has 35 heavy (non-hydrogen) atoms. The van der Waals surface area contributed by atoms with Gasteiger partial charge in [0, 0.05) is 23.7 Å². The zero-order valence-corrected chi connectivity index (χ0v) is 20.1. The van der Waals surface area contributed by atoms with Crippen molar-refractivity contribution in [3.63, 3.8) is 0 Å². The van der Waals surface area contributed by atoms with Crippen molar-refractivity contribution >= 4 is 57.2 Å². The molecule has 0 radical (unpaired) electrons. The third-order valence-electron chi connectivity index (χ3n) is 5.43. The molecule has 2 aromatic carbocycles. The zero-order valence-electron chi connectivity index (χ0n) is 18.5. The molecule has 0 aliphatic carbocycles. The van der Waals surface area contributed by atoms with E-state index in [1.54, 1.807) is 17.9 Å². The number of carboxylic acids is 1. The Bertz CT molecular complexity index is 1490. The molecule has 1 amide bonds. The molecule has 3 heterocycles. The van der Waals surface area contributed by atoms with Gasteiger partial charge in [0.05, 0.1) is 24.1 Å². The number of methoxy groups -OCH3 is 1. The molecule has 0 bridgehead atoms. The molecule has 0 spiro atoms. The molecule has 1 aliphatic heterocycles. The number of rotatable bonds is 7. The Labute approximate surface area is 209 Å². The SMILES string of the molecule is COc1cccc2cc(-c3nn(-c4ccccc4)cc3C=C3SC(=S)N(CCC(=O)O)C3=O)oc12. The number of ether oxygens (including phenoxy) is 1. The Morgan fingerprint density at radius 3 is 2.77 bits per heavy atom. The Morgan fingerprint density at radius 1 is 1.23 bits per heavy atom. The number of thioether (sulfide) groups is 1. The maximum Gasteiger partial charge on any atom is 0.305 e. The van der Waals surface area contributed by atoms with Gasteiger partial charge in [0.15, 0.2) is 17.1 Å². The molecule has 4 aromatic rings. The molecule has 176 valence electrons. The van der Waals surface area contributed by atoms with Crippen molar-refractivity contribution in [3.05, 3.63) is 71.3 Å². The van der Waals surface area contributed by atoms with Gasteiger partial charge in [-0.05, 0) is 30.3 Å². The predicted molar refractivity (Wildman–Crippen MR) is 137 cm³/mol. The second-order valence-corrected chi connectivity index (χ2v) is 9.36. The van der Waals surface area contributed by atoms with Crippen LogP contribution in [0.5, 0.6) is 5.75 Å².